The van der Waals surface area contributed by atoms with E-state index in [9.17, 15) is 4.79 Å². The molecular weight excluding hydrogens is 92.1 g/mol. The van der Waals surface area contributed by atoms with Gasteiger partial charge >= 0.3 is 5.91 Å². The van der Waals surface area contributed by atoms with Crippen molar-refractivity contribution in [2.75, 3.05) is 0 Å². The van der Waals surface area contributed by atoms with E-state index < -0.39 is 5.91 Å². The molecule has 0 aliphatic rings. The summed E-state index contributed by atoms with van der Waals surface area (Å²) in [5, 5.41) is 1.46. The van der Waals surface area contributed by atoms with Crippen LogP contribution < -0.4 is 5.11 Å². The predicted molar refractivity (Wildman–Crippen MR) is 24.1 cm³/mol. The van der Waals surface area contributed by atoms with Gasteiger partial charge in [0.2, 0.25) is 0 Å². The second kappa shape index (κ2) is 3.21. The smallest absolute Gasteiger partial charge is 0.378 e. The van der Waals surface area contributed by atoms with E-state index in [1.54, 1.807) is 0 Å². The van der Waals surface area contributed by atoms with Crippen LogP contribution in [-0.4, -0.2) is 5.91 Å². The van der Waals surface area contributed by atoms with E-state index in [4.69, 9.17) is 5.53 Å². The van der Waals surface area contributed by atoms with Crippen molar-refractivity contribution in [3.8, 4) is 0 Å². The highest BCUT2D eigenvalue weighted by atomic mass is 16.1. The third-order valence-corrected chi connectivity index (χ3v) is 0.454. The molecule has 3 nitrogen and oxygen atoms in total. The maximum absolute atomic E-state index is 9.98. The maximum Gasteiger partial charge on any atom is 0.378 e. The molecule has 38 valence electrons. The van der Waals surface area contributed by atoms with Gasteiger partial charge in [-0.15, -0.1) is 6.58 Å². The molecule has 0 rings (SSSR count). The Bertz CT molecular complexity index is 97.9. The van der Waals surface area contributed by atoms with Crippen molar-refractivity contribution in [1.82, 2.24) is 0 Å². The minimum atomic E-state index is -0.435. The largest absolute Gasteiger partial charge is 0.499 e. The van der Waals surface area contributed by atoms with Gasteiger partial charge in [-0.2, -0.15) is 0 Å². The molecule has 0 bridgehead atoms. The zero-order chi connectivity index (χ0) is 5.70. The van der Waals surface area contributed by atoms with E-state index in [0.29, 0.717) is 0 Å². The highest BCUT2D eigenvalue weighted by molar-refractivity contribution is 5.66. The molecule has 0 aromatic heterocycles. The highest BCUT2D eigenvalue weighted by Gasteiger charge is 1.92. The Morgan fingerprint density at radius 1 is 2.00 bits per heavy atom. The molecule has 0 heterocycles. The van der Waals surface area contributed by atoms with E-state index in [-0.39, 0.29) is 6.42 Å². The summed E-state index contributed by atoms with van der Waals surface area (Å²) in [5.74, 6) is -0.435. The standard InChI is InChI=1S/C4H6N2O/c1-2-3-4(7)6-5/h2,6H,1,3H2. The molecule has 0 aliphatic carbocycles. The predicted octanol–water partition coefficient (Wildman–Crippen LogP) is -0.809. The molecule has 3 heteroatoms. The Hall–Kier alpha value is -0.990. The van der Waals surface area contributed by atoms with E-state index >= 15 is 0 Å². The van der Waals surface area contributed by atoms with E-state index in [0.717, 1.165) is 0 Å². The number of carbonyl (C=O) groups excluding carboxylic acids is 1. The quantitative estimate of drug-likeness (QED) is 0.356. The van der Waals surface area contributed by atoms with E-state index in [1.807, 2.05) is 0 Å². The van der Waals surface area contributed by atoms with Crippen LogP contribution in [0, 0.1) is 0 Å². The molecule has 0 fully saturated rings. The van der Waals surface area contributed by atoms with Gasteiger partial charge in [-0.05, 0) is 0 Å². The third kappa shape index (κ3) is 2.82. The summed E-state index contributed by atoms with van der Waals surface area (Å²) >= 11 is 0. The van der Waals surface area contributed by atoms with Crippen LogP contribution in [0.1, 0.15) is 6.42 Å². The topological polar surface area (TPSA) is 53.3 Å². The summed E-state index contributed by atoms with van der Waals surface area (Å²) in [5.41, 5.74) is 7.82. The summed E-state index contributed by atoms with van der Waals surface area (Å²) in [7, 11) is 0. The number of amides is 1. The minimum absolute atomic E-state index is 0.163. The molecule has 0 saturated carbocycles. The zero-order valence-electron chi connectivity index (χ0n) is 3.85. The number of carbonyl (C=O) groups is 1. The lowest BCUT2D eigenvalue weighted by molar-refractivity contribution is -0.397. The fourth-order valence-electron chi connectivity index (χ4n) is 0.177. The molecule has 0 saturated heterocycles. The first-order valence-electron chi connectivity index (χ1n) is 1.85. The average Bonchev–Trinajstić information content (AvgIpc) is 1.68. The molecular formula is C4H6N2O. The van der Waals surface area contributed by atoms with Crippen LogP contribution in [0.2, 0.25) is 0 Å². The first-order chi connectivity index (χ1) is 3.31. The summed E-state index contributed by atoms with van der Waals surface area (Å²) in [4.78, 5) is 9.98. The van der Waals surface area contributed by atoms with Gasteiger partial charge in [0.1, 0.15) is 0 Å². The van der Waals surface area contributed by atoms with Gasteiger partial charge in [-0.3, -0.25) is 5.11 Å². The highest BCUT2D eigenvalue weighted by Crippen LogP contribution is 1.69. The van der Waals surface area contributed by atoms with Crippen LogP contribution in [0.15, 0.2) is 12.7 Å². The van der Waals surface area contributed by atoms with Crippen LogP contribution in [-0.2, 0) is 4.79 Å². The first-order valence-corrected chi connectivity index (χ1v) is 1.85. The summed E-state index contributed by atoms with van der Waals surface area (Å²) in [6.07, 6.45) is 1.57. The van der Waals surface area contributed by atoms with Crippen molar-refractivity contribution in [2.24, 2.45) is 0 Å². The SMILES string of the molecule is C=CCC(=O)[NH+]=[N-]. The molecule has 0 unspecified atom stereocenters. The molecule has 0 radical (unpaired) electrons. The molecule has 1 N–H and O–H groups in total. The Morgan fingerprint density at radius 2 is 2.57 bits per heavy atom. The number of nitrogens with zero attached hydrogens (tertiary/aromatic N) is 1. The second-order valence-corrected chi connectivity index (χ2v) is 1.03. The van der Waals surface area contributed by atoms with Gasteiger partial charge in [-0.25, -0.2) is 4.79 Å². The lowest BCUT2D eigenvalue weighted by Gasteiger charge is -1.76. The maximum atomic E-state index is 9.98. The van der Waals surface area contributed by atoms with Gasteiger partial charge < -0.3 is 5.53 Å². The van der Waals surface area contributed by atoms with E-state index in [1.165, 1.54) is 11.2 Å². The molecule has 1 amide bonds. The van der Waals surface area contributed by atoms with E-state index in [2.05, 4.69) is 6.58 Å². The van der Waals surface area contributed by atoms with Gasteiger partial charge in [0, 0.05) is 0 Å². The molecule has 0 spiro atoms. The molecule has 7 heavy (non-hydrogen) atoms. The fourth-order valence-corrected chi connectivity index (χ4v) is 0.177. The molecule has 0 atom stereocenters. The Morgan fingerprint density at radius 3 is 2.71 bits per heavy atom. The van der Waals surface area contributed by atoms with Crippen molar-refractivity contribution in [1.29, 1.82) is 0 Å². The Balaban J connectivity index is 3.36. The Labute approximate surface area is 41.5 Å². The van der Waals surface area contributed by atoms with Crippen molar-refractivity contribution in [2.45, 2.75) is 6.42 Å². The van der Waals surface area contributed by atoms with Gasteiger partial charge in [-0.1, -0.05) is 6.08 Å². The van der Waals surface area contributed by atoms with Crippen LogP contribution in [0.25, 0.3) is 5.53 Å². The number of hydrogen-bond donors (Lipinski definition) is 1. The number of hydrogen-bond acceptors (Lipinski definition) is 1. The van der Waals surface area contributed by atoms with Crippen LogP contribution >= 0.6 is 0 Å². The summed E-state index contributed by atoms with van der Waals surface area (Å²) < 4.78 is 0. The van der Waals surface area contributed by atoms with Crippen molar-refractivity contribution < 1.29 is 9.91 Å². The summed E-state index contributed by atoms with van der Waals surface area (Å²) in [6, 6.07) is 0. The van der Waals surface area contributed by atoms with Crippen molar-refractivity contribution >= 4 is 5.91 Å². The van der Waals surface area contributed by atoms with Crippen LogP contribution in [0.3, 0.4) is 0 Å². The lowest BCUT2D eigenvalue weighted by Crippen LogP contribution is -2.68. The van der Waals surface area contributed by atoms with Gasteiger partial charge in [0.15, 0.2) is 0 Å². The second-order valence-electron chi connectivity index (χ2n) is 1.03. The van der Waals surface area contributed by atoms with Crippen LogP contribution in [0.4, 0.5) is 0 Å². The fraction of sp³-hybridized carbons (Fsp3) is 0.250. The molecule has 0 aliphatic heterocycles. The van der Waals surface area contributed by atoms with Gasteiger partial charge in [0.05, 0.1) is 6.42 Å². The first kappa shape index (κ1) is 6.01. The molecule has 0 aromatic rings. The number of nitrogens with one attached hydrogen (secondary N) is 1. The molecule has 0 aromatic carbocycles. The lowest BCUT2D eigenvalue weighted by atomic mass is 10.4. The van der Waals surface area contributed by atoms with Crippen molar-refractivity contribution in [3.63, 3.8) is 0 Å². The van der Waals surface area contributed by atoms with Crippen LogP contribution in [0.5, 0.6) is 0 Å². The Kier molecular flexibility index (Phi) is 2.76. The zero-order valence-corrected chi connectivity index (χ0v) is 3.85. The third-order valence-electron chi connectivity index (χ3n) is 0.454. The number of rotatable bonds is 2. The van der Waals surface area contributed by atoms with Gasteiger partial charge in [0.25, 0.3) is 0 Å². The van der Waals surface area contributed by atoms with Crippen molar-refractivity contribution in [3.05, 3.63) is 18.2 Å². The normalized spacial score (nSPS) is 7.43. The minimum Gasteiger partial charge on any atom is -0.499 e. The monoisotopic (exact) mass is 98.0 g/mol. The average molecular weight is 98.1 g/mol. The summed E-state index contributed by atoms with van der Waals surface area (Å²) in [6.45, 7) is 3.28.